The summed E-state index contributed by atoms with van der Waals surface area (Å²) in [5.41, 5.74) is 1.18. The van der Waals surface area contributed by atoms with Gasteiger partial charge in [-0.2, -0.15) is 0 Å². The summed E-state index contributed by atoms with van der Waals surface area (Å²) in [6.45, 7) is 4.49. The number of methoxy groups -OCH3 is 1. The summed E-state index contributed by atoms with van der Waals surface area (Å²) in [6.07, 6.45) is -1.70. The Hall–Kier alpha value is -4.10. The molecule has 0 radical (unpaired) electrons. The van der Waals surface area contributed by atoms with E-state index in [1.165, 1.54) is 23.1 Å². The molecule has 2 amide bonds. The van der Waals surface area contributed by atoms with Crippen molar-refractivity contribution in [3.8, 4) is 11.4 Å². The summed E-state index contributed by atoms with van der Waals surface area (Å²) >= 11 is 0. The molecule has 2 aromatic rings. The van der Waals surface area contributed by atoms with Gasteiger partial charge in [-0.05, 0) is 26.3 Å². The third-order valence-corrected chi connectivity index (χ3v) is 6.05. The van der Waals surface area contributed by atoms with Gasteiger partial charge in [0, 0.05) is 32.2 Å². The number of rotatable bonds is 11. The van der Waals surface area contributed by atoms with Gasteiger partial charge in [-0.3, -0.25) is 14.4 Å². The number of carboxylic acids is 1. The number of nitrogens with one attached hydrogen (secondary N) is 1. The van der Waals surface area contributed by atoms with Crippen LogP contribution in [0, 0.1) is 0 Å². The van der Waals surface area contributed by atoms with E-state index >= 15 is 0 Å². The quantitative estimate of drug-likeness (QED) is 0.399. The van der Waals surface area contributed by atoms with E-state index in [-0.39, 0.29) is 51.3 Å². The lowest BCUT2D eigenvalue weighted by Gasteiger charge is -2.35. The first-order valence-electron chi connectivity index (χ1n) is 12.6. The molecule has 13 nitrogen and oxygen atoms in total. The molecule has 2 atom stereocenters. The molecule has 1 aliphatic heterocycles. The van der Waals surface area contributed by atoms with Gasteiger partial charge in [0.1, 0.15) is 11.7 Å². The number of carboxylic acid groups (broad SMARTS) is 1. The van der Waals surface area contributed by atoms with Crippen LogP contribution in [0.4, 0.5) is 4.79 Å². The van der Waals surface area contributed by atoms with Gasteiger partial charge in [-0.15, -0.1) is 5.06 Å². The molecule has 0 saturated carbocycles. The van der Waals surface area contributed by atoms with Crippen LogP contribution >= 0.6 is 0 Å². The van der Waals surface area contributed by atoms with Crippen molar-refractivity contribution < 1.29 is 38.6 Å². The largest absolute Gasteiger partial charge is 0.527 e. The summed E-state index contributed by atoms with van der Waals surface area (Å²) in [5.74, 6) is -1.87. The molecule has 2 N–H and O–H groups in total. The van der Waals surface area contributed by atoms with E-state index in [0.717, 1.165) is 0 Å². The molecule has 210 valence electrons. The lowest BCUT2D eigenvalue weighted by Crippen LogP contribution is -2.55. The molecule has 1 unspecified atom stereocenters. The molecule has 0 bridgehead atoms. The lowest BCUT2D eigenvalue weighted by molar-refractivity contribution is -0.157. The Labute approximate surface area is 226 Å². The molecule has 39 heavy (non-hydrogen) atoms. The van der Waals surface area contributed by atoms with E-state index in [1.54, 1.807) is 13.8 Å². The third-order valence-electron chi connectivity index (χ3n) is 6.05. The Balaban J connectivity index is 1.77. The molecular formula is C26H33N5O8. The average molecular weight is 544 g/mol. The zero-order chi connectivity index (χ0) is 28.4. The van der Waals surface area contributed by atoms with Gasteiger partial charge >= 0.3 is 12.1 Å². The fraction of sp³-hybridized carbons (Fsp3) is 0.462. The molecule has 0 aliphatic carbocycles. The molecule has 0 spiro atoms. The molecule has 3 rings (SSSR count). The van der Waals surface area contributed by atoms with Crippen LogP contribution in [0.15, 0.2) is 36.4 Å². The number of hydroxylamine groups is 2. The number of carbonyl (C=O) groups excluding carboxylic acids is 3. The number of ether oxygens (including phenoxy) is 2. The lowest BCUT2D eigenvalue weighted by atomic mass is 10.1. The van der Waals surface area contributed by atoms with Gasteiger partial charge in [-0.25, -0.2) is 14.8 Å². The zero-order valence-corrected chi connectivity index (χ0v) is 22.2. The van der Waals surface area contributed by atoms with Gasteiger partial charge in [0.2, 0.25) is 5.91 Å². The number of nitrogens with zero attached hydrogens (tertiary/aromatic N) is 4. The van der Waals surface area contributed by atoms with Gasteiger partial charge in [-0.1, -0.05) is 30.3 Å². The number of amides is 2. The monoisotopic (exact) mass is 543 g/mol. The Morgan fingerprint density at radius 2 is 1.77 bits per heavy atom. The van der Waals surface area contributed by atoms with Crippen LogP contribution < -0.4 is 5.32 Å². The molecule has 2 heterocycles. The number of piperazine rings is 1. The Morgan fingerprint density at radius 1 is 1.08 bits per heavy atom. The first-order chi connectivity index (χ1) is 18.7. The maximum Gasteiger partial charge on any atom is 0.527 e. The van der Waals surface area contributed by atoms with E-state index in [0.29, 0.717) is 17.1 Å². The number of hydrogen-bond donors (Lipinski definition) is 2. The highest BCUT2D eigenvalue weighted by atomic mass is 16.8. The zero-order valence-electron chi connectivity index (χ0n) is 22.2. The number of aliphatic carboxylic acids is 1. The third kappa shape index (κ3) is 8.45. The van der Waals surface area contributed by atoms with Crippen molar-refractivity contribution >= 4 is 23.9 Å². The van der Waals surface area contributed by atoms with Crippen LogP contribution in [-0.2, 0) is 23.9 Å². The molecular weight excluding hydrogens is 510 g/mol. The minimum absolute atomic E-state index is 0.0172. The van der Waals surface area contributed by atoms with Crippen LogP contribution in [0.5, 0.6) is 0 Å². The van der Waals surface area contributed by atoms with Crippen LogP contribution in [0.3, 0.4) is 0 Å². The standard InChI is InChI=1S/C26H33N5O8/c1-4-38-26(36)39-31-14-12-30(13-15-31)25(35)19(10-11-22(32)33)29-24(34)21-16-20(17(2)37-3)27-23(28-21)18-8-6-5-7-9-18/h5-9,16-17,19H,4,10-15H2,1-3H3,(H,29,34)(H,32,33)/t17-,19?/m0/s1. The number of hydrogen-bond acceptors (Lipinski definition) is 10. The fourth-order valence-corrected chi connectivity index (χ4v) is 3.85. The molecule has 13 heteroatoms. The van der Waals surface area contributed by atoms with Gasteiger partial charge in [0.15, 0.2) is 5.82 Å². The second-order valence-corrected chi connectivity index (χ2v) is 8.73. The predicted octanol–water partition coefficient (Wildman–Crippen LogP) is 2.05. The fourth-order valence-electron chi connectivity index (χ4n) is 3.85. The van der Waals surface area contributed by atoms with Crippen molar-refractivity contribution in [2.75, 3.05) is 39.9 Å². The summed E-state index contributed by atoms with van der Waals surface area (Å²) in [4.78, 5) is 65.0. The van der Waals surface area contributed by atoms with Crippen molar-refractivity contribution in [1.82, 2.24) is 25.2 Å². The van der Waals surface area contributed by atoms with Crippen molar-refractivity contribution in [2.45, 2.75) is 38.8 Å². The molecule has 1 saturated heterocycles. The minimum Gasteiger partial charge on any atom is -0.481 e. The molecule has 1 fully saturated rings. The smallest absolute Gasteiger partial charge is 0.481 e. The average Bonchev–Trinajstić information content (AvgIpc) is 2.95. The summed E-state index contributed by atoms with van der Waals surface area (Å²) < 4.78 is 10.1. The van der Waals surface area contributed by atoms with E-state index in [2.05, 4.69) is 15.3 Å². The van der Waals surface area contributed by atoms with Crippen LogP contribution in [0.25, 0.3) is 11.4 Å². The first kappa shape index (κ1) is 29.5. The number of aromatic nitrogens is 2. The van der Waals surface area contributed by atoms with Crippen LogP contribution in [-0.4, -0.2) is 94.9 Å². The van der Waals surface area contributed by atoms with E-state index < -0.39 is 36.1 Å². The summed E-state index contributed by atoms with van der Waals surface area (Å²) in [5, 5.41) is 13.3. The Morgan fingerprint density at radius 3 is 2.38 bits per heavy atom. The van der Waals surface area contributed by atoms with Crippen molar-refractivity contribution in [1.29, 1.82) is 0 Å². The highest BCUT2D eigenvalue weighted by Crippen LogP contribution is 2.21. The highest BCUT2D eigenvalue weighted by Gasteiger charge is 2.31. The van der Waals surface area contributed by atoms with Gasteiger partial charge < -0.3 is 29.6 Å². The predicted molar refractivity (Wildman–Crippen MR) is 137 cm³/mol. The van der Waals surface area contributed by atoms with Crippen LogP contribution in [0.1, 0.15) is 49.0 Å². The van der Waals surface area contributed by atoms with Gasteiger partial charge in [0.05, 0.1) is 31.5 Å². The highest BCUT2D eigenvalue weighted by molar-refractivity contribution is 5.96. The van der Waals surface area contributed by atoms with E-state index in [1.807, 2.05) is 30.3 Å². The van der Waals surface area contributed by atoms with E-state index in [4.69, 9.17) is 14.3 Å². The normalized spacial score (nSPS) is 15.2. The second kappa shape index (κ2) is 14.2. The Kier molecular flexibility index (Phi) is 10.7. The second-order valence-electron chi connectivity index (χ2n) is 8.73. The molecule has 1 aromatic heterocycles. The maximum absolute atomic E-state index is 13.3. The molecule has 1 aliphatic rings. The molecule has 1 aromatic carbocycles. The maximum atomic E-state index is 13.3. The van der Waals surface area contributed by atoms with Crippen molar-refractivity contribution in [3.05, 3.63) is 47.8 Å². The van der Waals surface area contributed by atoms with Gasteiger partial charge in [0.25, 0.3) is 5.91 Å². The summed E-state index contributed by atoms with van der Waals surface area (Å²) in [6, 6.07) is 9.49. The topological polar surface area (TPSA) is 160 Å². The minimum atomic E-state index is -1.11. The Bertz CT molecular complexity index is 1150. The van der Waals surface area contributed by atoms with Crippen molar-refractivity contribution in [2.24, 2.45) is 0 Å². The van der Waals surface area contributed by atoms with Crippen LogP contribution in [0.2, 0.25) is 0 Å². The SMILES string of the molecule is CCOC(=O)ON1CCN(C(=O)C(CCC(=O)O)NC(=O)c2cc([C@H](C)OC)nc(-c3ccccc3)n2)CC1. The van der Waals surface area contributed by atoms with Crippen molar-refractivity contribution in [3.63, 3.8) is 0 Å². The number of carbonyl (C=O) groups is 4. The number of benzene rings is 1. The summed E-state index contributed by atoms with van der Waals surface area (Å²) in [7, 11) is 1.52. The van der Waals surface area contributed by atoms with E-state index in [9.17, 15) is 24.3 Å². The first-order valence-corrected chi connectivity index (χ1v) is 12.6.